The number of carbonyl (C=O) groups is 2. The van der Waals surface area contributed by atoms with Crippen molar-refractivity contribution in [2.45, 2.75) is 39.5 Å². The number of nitrogens with zero attached hydrogens (tertiary/aromatic N) is 5. The molecular formula is C39H33N5O7. The molecule has 0 radical (unpaired) electrons. The molecule has 1 fully saturated rings. The van der Waals surface area contributed by atoms with Gasteiger partial charge in [0, 0.05) is 22.7 Å². The molecule has 12 nitrogen and oxygen atoms in total. The molecule has 0 N–H and O–H groups in total. The van der Waals surface area contributed by atoms with Gasteiger partial charge in [-0.1, -0.05) is 61.4 Å². The third kappa shape index (κ3) is 7.03. The number of azide groups is 1. The Bertz CT molecular complexity index is 2250. The summed E-state index contributed by atoms with van der Waals surface area (Å²) < 4.78 is 23.4. The summed E-state index contributed by atoms with van der Waals surface area (Å²) in [4.78, 5) is 47.0. The number of aromatic nitrogens is 1. The SMILES string of the molecule is CC(C)[C@H]1C(=O)N2C(C(=O)OCc3ccc(N=[N+]=[N-])cc3)=C(/C=C/COc3ccc(COc4ccc5nc6ccc(=O)cc-6oc5c4)cc3)C[C@H]12. The highest BCUT2D eigenvalue weighted by atomic mass is 16.5. The van der Waals surface area contributed by atoms with Gasteiger partial charge in [-0.15, -0.1) is 0 Å². The van der Waals surface area contributed by atoms with Crippen LogP contribution in [0.3, 0.4) is 0 Å². The summed E-state index contributed by atoms with van der Waals surface area (Å²) >= 11 is 0. The molecule has 2 atom stereocenters. The zero-order valence-corrected chi connectivity index (χ0v) is 27.9. The predicted octanol–water partition coefficient (Wildman–Crippen LogP) is 7.63. The van der Waals surface area contributed by atoms with E-state index in [0.717, 1.165) is 16.7 Å². The second-order valence-electron chi connectivity index (χ2n) is 12.7. The zero-order chi connectivity index (χ0) is 35.5. The number of ether oxygens (including phenoxy) is 3. The molecule has 3 aliphatic heterocycles. The minimum absolute atomic E-state index is 0.0114. The quantitative estimate of drug-likeness (QED) is 0.0324. The standard InChI is InChI=1S/C39H33N5O7/c1-23(2)36-33-18-26(37(44(33)38(36)46)39(47)50-22-24-5-9-27(10-6-24)42-43-40)4-3-17-48-29-12-7-25(8-13-29)21-49-30-14-16-32-35(20-30)51-34-19-28(45)11-15-31(34)41-32/h3-16,19-20,23,33,36H,17-18,21-22H2,1-2H3/b4-3+/t33-,36-/m1/s1. The van der Waals surface area contributed by atoms with Gasteiger partial charge in [0.25, 0.3) is 0 Å². The Kier molecular flexibility index (Phi) is 9.24. The van der Waals surface area contributed by atoms with Crippen molar-refractivity contribution in [3.63, 3.8) is 0 Å². The number of allylic oxidation sites excluding steroid dienone is 1. The van der Waals surface area contributed by atoms with Gasteiger partial charge in [-0.05, 0) is 77.0 Å². The molecule has 51 heavy (non-hydrogen) atoms. The summed E-state index contributed by atoms with van der Waals surface area (Å²) in [5.74, 6) is 1.06. The first-order chi connectivity index (χ1) is 24.8. The molecule has 0 spiro atoms. The summed E-state index contributed by atoms with van der Waals surface area (Å²) in [6.07, 6.45) is 4.23. The number of carbonyl (C=O) groups excluding carboxylic acids is 2. The maximum atomic E-state index is 13.3. The van der Waals surface area contributed by atoms with Crippen molar-refractivity contribution < 1.29 is 28.2 Å². The van der Waals surface area contributed by atoms with Gasteiger partial charge in [-0.2, -0.15) is 0 Å². The van der Waals surface area contributed by atoms with Crippen LogP contribution >= 0.6 is 0 Å². The first-order valence-corrected chi connectivity index (χ1v) is 16.5. The van der Waals surface area contributed by atoms with Crippen LogP contribution in [0.1, 0.15) is 31.4 Å². The molecule has 3 aromatic carbocycles. The third-order valence-corrected chi connectivity index (χ3v) is 8.94. The van der Waals surface area contributed by atoms with Crippen molar-refractivity contribution in [3.8, 4) is 23.0 Å². The molecule has 3 heterocycles. The fourth-order valence-electron chi connectivity index (χ4n) is 6.43. The largest absolute Gasteiger partial charge is 0.490 e. The van der Waals surface area contributed by atoms with Gasteiger partial charge in [0.1, 0.15) is 48.2 Å². The lowest BCUT2D eigenvalue weighted by Gasteiger charge is -2.45. The first-order valence-electron chi connectivity index (χ1n) is 16.5. The average molecular weight is 684 g/mol. The lowest BCUT2D eigenvalue weighted by molar-refractivity contribution is -0.159. The monoisotopic (exact) mass is 683 g/mol. The van der Waals surface area contributed by atoms with Crippen LogP contribution in [0.4, 0.5) is 5.69 Å². The summed E-state index contributed by atoms with van der Waals surface area (Å²) in [6.45, 7) is 4.61. The Balaban J connectivity index is 0.960. The molecule has 256 valence electrons. The van der Waals surface area contributed by atoms with E-state index in [1.165, 1.54) is 12.1 Å². The van der Waals surface area contributed by atoms with E-state index in [1.54, 1.807) is 41.3 Å². The normalized spacial score (nSPS) is 16.8. The van der Waals surface area contributed by atoms with E-state index in [9.17, 15) is 14.4 Å². The van der Waals surface area contributed by atoms with E-state index in [-0.39, 0.29) is 48.1 Å². The molecular weight excluding hydrogens is 650 g/mol. The van der Waals surface area contributed by atoms with E-state index in [0.29, 0.717) is 52.8 Å². The fourth-order valence-corrected chi connectivity index (χ4v) is 6.43. The average Bonchev–Trinajstić information content (AvgIpc) is 3.45. The van der Waals surface area contributed by atoms with E-state index in [1.807, 2.05) is 62.4 Å². The lowest BCUT2D eigenvalue weighted by atomic mass is 9.79. The van der Waals surface area contributed by atoms with Gasteiger partial charge in [-0.3, -0.25) is 9.59 Å². The van der Waals surface area contributed by atoms with Crippen LogP contribution in [0.15, 0.2) is 123 Å². The van der Waals surface area contributed by atoms with Gasteiger partial charge in [0.2, 0.25) is 5.91 Å². The Morgan fingerprint density at radius 1 is 0.980 bits per heavy atom. The first kappa shape index (κ1) is 33.1. The molecule has 7 rings (SSSR count). The minimum atomic E-state index is -0.563. The van der Waals surface area contributed by atoms with Gasteiger partial charge < -0.3 is 23.5 Å². The van der Waals surface area contributed by atoms with Crippen LogP contribution in [0.5, 0.6) is 11.5 Å². The predicted molar refractivity (Wildman–Crippen MR) is 188 cm³/mol. The summed E-state index contributed by atoms with van der Waals surface area (Å²) in [6, 6.07) is 24.1. The summed E-state index contributed by atoms with van der Waals surface area (Å²) in [7, 11) is 0. The Labute approximate surface area is 292 Å². The number of rotatable bonds is 12. The molecule has 0 bridgehead atoms. The Morgan fingerprint density at radius 3 is 2.49 bits per heavy atom. The van der Waals surface area contributed by atoms with Crippen molar-refractivity contribution in [1.82, 2.24) is 9.88 Å². The molecule has 0 aromatic heterocycles. The topological polar surface area (TPSA) is 157 Å². The zero-order valence-electron chi connectivity index (χ0n) is 27.9. The maximum Gasteiger partial charge on any atom is 0.355 e. The van der Waals surface area contributed by atoms with Crippen LogP contribution in [0.25, 0.3) is 33.0 Å². The van der Waals surface area contributed by atoms with Crippen molar-refractivity contribution in [3.05, 3.63) is 140 Å². The minimum Gasteiger partial charge on any atom is -0.490 e. The Morgan fingerprint density at radius 2 is 1.73 bits per heavy atom. The van der Waals surface area contributed by atoms with Crippen LogP contribution in [-0.2, 0) is 27.5 Å². The van der Waals surface area contributed by atoms with E-state index < -0.39 is 5.97 Å². The number of hydrogen-bond acceptors (Lipinski definition) is 9. The van der Waals surface area contributed by atoms with Gasteiger partial charge in [0.05, 0.1) is 12.0 Å². The van der Waals surface area contributed by atoms with Crippen LogP contribution in [0.2, 0.25) is 0 Å². The van der Waals surface area contributed by atoms with Gasteiger partial charge >= 0.3 is 5.97 Å². The number of amides is 1. The third-order valence-electron chi connectivity index (χ3n) is 8.94. The molecule has 1 aliphatic carbocycles. The number of fused-ring (bicyclic) bond motifs is 3. The molecule has 3 aromatic rings. The number of hydrogen-bond donors (Lipinski definition) is 0. The molecule has 12 heteroatoms. The van der Waals surface area contributed by atoms with Gasteiger partial charge in [-0.25, -0.2) is 9.78 Å². The van der Waals surface area contributed by atoms with E-state index in [4.69, 9.17) is 24.2 Å². The number of β-lactam (4-membered cyclic amide) rings is 1. The molecule has 4 aliphatic rings. The molecule has 1 saturated heterocycles. The van der Waals surface area contributed by atoms with Crippen LogP contribution < -0.4 is 14.9 Å². The van der Waals surface area contributed by atoms with Crippen LogP contribution in [-0.4, -0.2) is 34.4 Å². The summed E-state index contributed by atoms with van der Waals surface area (Å²) in [5, 5.41) is 3.55. The van der Waals surface area contributed by atoms with E-state index in [2.05, 4.69) is 15.0 Å². The fraction of sp³-hybridized carbons (Fsp3) is 0.231. The molecule has 0 unspecified atom stereocenters. The van der Waals surface area contributed by atoms with Crippen molar-refractivity contribution in [1.29, 1.82) is 0 Å². The van der Waals surface area contributed by atoms with Crippen molar-refractivity contribution >= 4 is 28.7 Å². The number of esters is 1. The second kappa shape index (κ2) is 14.2. The second-order valence-corrected chi connectivity index (χ2v) is 12.7. The summed E-state index contributed by atoms with van der Waals surface area (Å²) in [5.41, 5.74) is 13.4. The van der Waals surface area contributed by atoms with Gasteiger partial charge in [0.15, 0.2) is 16.8 Å². The van der Waals surface area contributed by atoms with Crippen molar-refractivity contribution in [2.75, 3.05) is 6.61 Å². The van der Waals surface area contributed by atoms with Crippen molar-refractivity contribution in [2.24, 2.45) is 17.0 Å². The highest BCUT2D eigenvalue weighted by Crippen LogP contribution is 2.46. The molecule has 1 amide bonds. The highest BCUT2D eigenvalue weighted by molar-refractivity contribution is 6.00. The highest BCUT2D eigenvalue weighted by Gasteiger charge is 2.55. The Hall–Kier alpha value is -6.39. The van der Waals surface area contributed by atoms with E-state index >= 15 is 0 Å². The maximum absolute atomic E-state index is 13.3. The lowest BCUT2D eigenvalue weighted by Crippen LogP contribution is -2.60. The van der Waals surface area contributed by atoms with Crippen LogP contribution in [0, 0.1) is 11.8 Å². The number of benzene rings is 4. The smallest absolute Gasteiger partial charge is 0.355 e. The molecule has 0 saturated carbocycles.